The molecule has 17 heavy (non-hydrogen) atoms. The van der Waals surface area contributed by atoms with Crippen molar-refractivity contribution < 1.29 is 4.79 Å². The summed E-state index contributed by atoms with van der Waals surface area (Å²) in [6, 6.07) is 7.06. The standard InChI is InChI=1S/C12H12ClN3O/c1-16(2)10-4-3-8(11(13)6-10)5-9(7-14)12(15)17/h3-6H,1-2H3,(H2,15,17)/b9-5-. The first kappa shape index (κ1) is 13.1. The third-order valence-corrected chi connectivity index (χ3v) is 2.51. The lowest BCUT2D eigenvalue weighted by Gasteiger charge is -2.13. The second kappa shape index (κ2) is 5.37. The van der Waals surface area contributed by atoms with E-state index in [0.29, 0.717) is 10.6 Å². The molecule has 0 spiro atoms. The van der Waals surface area contributed by atoms with E-state index in [1.54, 1.807) is 18.2 Å². The molecule has 0 aromatic heterocycles. The summed E-state index contributed by atoms with van der Waals surface area (Å²) in [5, 5.41) is 9.18. The lowest BCUT2D eigenvalue weighted by atomic mass is 10.1. The zero-order valence-corrected chi connectivity index (χ0v) is 10.3. The first-order valence-corrected chi connectivity index (χ1v) is 5.22. The summed E-state index contributed by atoms with van der Waals surface area (Å²) < 4.78 is 0. The highest BCUT2D eigenvalue weighted by molar-refractivity contribution is 6.32. The van der Waals surface area contributed by atoms with Gasteiger partial charge >= 0.3 is 0 Å². The Kier molecular flexibility index (Phi) is 4.13. The summed E-state index contributed by atoms with van der Waals surface area (Å²) in [6.45, 7) is 0. The van der Waals surface area contributed by atoms with Crippen molar-refractivity contribution in [1.82, 2.24) is 0 Å². The number of amides is 1. The van der Waals surface area contributed by atoms with Gasteiger partial charge in [0.2, 0.25) is 0 Å². The van der Waals surface area contributed by atoms with Gasteiger partial charge < -0.3 is 10.6 Å². The number of hydrogen-bond acceptors (Lipinski definition) is 3. The van der Waals surface area contributed by atoms with Crippen LogP contribution in [0.2, 0.25) is 5.02 Å². The van der Waals surface area contributed by atoms with Gasteiger partial charge in [-0.1, -0.05) is 17.7 Å². The highest BCUT2D eigenvalue weighted by Crippen LogP contribution is 2.24. The maximum Gasteiger partial charge on any atom is 0.259 e. The molecule has 0 saturated heterocycles. The van der Waals surface area contributed by atoms with Crippen molar-refractivity contribution in [2.75, 3.05) is 19.0 Å². The van der Waals surface area contributed by atoms with Crippen molar-refractivity contribution in [1.29, 1.82) is 5.26 Å². The van der Waals surface area contributed by atoms with Gasteiger partial charge in [-0.15, -0.1) is 0 Å². The predicted octanol–water partition coefficient (Wildman–Crippen LogP) is 1.80. The molecular formula is C12H12ClN3O. The van der Waals surface area contributed by atoms with Crippen LogP contribution < -0.4 is 10.6 Å². The van der Waals surface area contributed by atoms with E-state index in [4.69, 9.17) is 22.6 Å². The molecule has 2 N–H and O–H groups in total. The first-order valence-electron chi connectivity index (χ1n) is 4.84. The molecule has 0 aliphatic carbocycles. The Hall–Kier alpha value is -1.99. The quantitative estimate of drug-likeness (QED) is 0.656. The van der Waals surface area contributed by atoms with Crippen LogP contribution in [0.4, 0.5) is 5.69 Å². The van der Waals surface area contributed by atoms with E-state index in [1.807, 2.05) is 25.1 Å². The fraction of sp³-hybridized carbons (Fsp3) is 0.167. The van der Waals surface area contributed by atoms with Crippen LogP contribution in [0.3, 0.4) is 0 Å². The Labute approximate surface area is 105 Å². The first-order chi connectivity index (χ1) is 7.95. The molecular weight excluding hydrogens is 238 g/mol. The van der Waals surface area contributed by atoms with Gasteiger partial charge in [0.25, 0.3) is 5.91 Å². The monoisotopic (exact) mass is 249 g/mol. The lowest BCUT2D eigenvalue weighted by Crippen LogP contribution is -2.12. The number of nitrogens with zero attached hydrogens (tertiary/aromatic N) is 2. The number of carbonyl (C=O) groups excluding carboxylic acids is 1. The van der Waals surface area contributed by atoms with Gasteiger partial charge in [0, 0.05) is 24.8 Å². The zero-order valence-electron chi connectivity index (χ0n) is 9.57. The van der Waals surface area contributed by atoms with Gasteiger partial charge in [-0.05, 0) is 23.8 Å². The highest BCUT2D eigenvalue weighted by atomic mass is 35.5. The summed E-state index contributed by atoms with van der Waals surface area (Å²) in [5.74, 6) is -0.764. The topological polar surface area (TPSA) is 70.1 Å². The van der Waals surface area contributed by atoms with Crippen molar-refractivity contribution in [3.05, 3.63) is 34.4 Å². The molecule has 1 amide bonds. The predicted molar refractivity (Wildman–Crippen MR) is 68.6 cm³/mol. The van der Waals surface area contributed by atoms with E-state index in [1.165, 1.54) is 6.08 Å². The second-order valence-electron chi connectivity index (χ2n) is 3.63. The third-order valence-electron chi connectivity index (χ3n) is 2.19. The van der Waals surface area contributed by atoms with E-state index in [2.05, 4.69) is 0 Å². The summed E-state index contributed by atoms with van der Waals surface area (Å²) in [4.78, 5) is 12.8. The van der Waals surface area contributed by atoms with Crippen molar-refractivity contribution in [3.63, 3.8) is 0 Å². The highest BCUT2D eigenvalue weighted by Gasteiger charge is 2.06. The third kappa shape index (κ3) is 3.23. The number of halogens is 1. The number of primary amides is 1. The van der Waals surface area contributed by atoms with Gasteiger partial charge in [0.05, 0.1) is 0 Å². The average Bonchev–Trinajstić information content (AvgIpc) is 2.26. The van der Waals surface area contributed by atoms with Crippen molar-refractivity contribution in [2.45, 2.75) is 0 Å². The number of anilines is 1. The molecule has 0 aliphatic rings. The lowest BCUT2D eigenvalue weighted by molar-refractivity contribution is -0.114. The number of nitriles is 1. The van der Waals surface area contributed by atoms with E-state index in [-0.39, 0.29) is 5.57 Å². The van der Waals surface area contributed by atoms with Crippen molar-refractivity contribution in [2.24, 2.45) is 5.73 Å². The fourth-order valence-corrected chi connectivity index (χ4v) is 1.45. The molecule has 1 aromatic rings. The van der Waals surface area contributed by atoms with Crippen LogP contribution >= 0.6 is 11.6 Å². The molecule has 0 bridgehead atoms. The largest absolute Gasteiger partial charge is 0.378 e. The van der Waals surface area contributed by atoms with Gasteiger partial charge in [0.15, 0.2) is 0 Å². The normalized spacial score (nSPS) is 10.8. The van der Waals surface area contributed by atoms with Crippen LogP contribution in [0.15, 0.2) is 23.8 Å². The molecule has 1 aromatic carbocycles. The van der Waals surface area contributed by atoms with E-state index in [9.17, 15) is 4.79 Å². The molecule has 0 heterocycles. The molecule has 0 saturated carbocycles. The smallest absolute Gasteiger partial charge is 0.259 e. The Balaban J connectivity index is 3.18. The minimum atomic E-state index is -0.764. The van der Waals surface area contributed by atoms with E-state index in [0.717, 1.165) is 5.69 Å². The van der Waals surface area contributed by atoms with Crippen LogP contribution in [0.1, 0.15) is 5.56 Å². The Morgan fingerprint density at radius 1 is 1.53 bits per heavy atom. The summed E-state index contributed by atoms with van der Waals surface area (Å²) >= 11 is 6.05. The molecule has 1 rings (SSSR count). The zero-order chi connectivity index (χ0) is 13.0. The minimum absolute atomic E-state index is 0.121. The fourth-order valence-electron chi connectivity index (χ4n) is 1.23. The second-order valence-corrected chi connectivity index (χ2v) is 4.04. The molecule has 0 fully saturated rings. The van der Waals surface area contributed by atoms with Gasteiger partial charge in [-0.25, -0.2) is 0 Å². The Morgan fingerprint density at radius 3 is 2.59 bits per heavy atom. The molecule has 0 radical (unpaired) electrons. The Morgan fingerprint density at radius 2 is 2.18 bits per heavy atom. The van der Waals surface area contributed by atoms with Crippen LogP contribution in [-0.4, -0.2) is 20.0 Å². The molecule has 0 atom stereocenters. The number of hydrogen-bond donors (Lipinski definition) is 1. The van der Waals surface area contributed by atoms with Gasteiger partial charge in [-0.2, -0.15) is 5.26 Å². The van der Waals surface area contributed by atoms with Crippen LogP contribution in [-0.2, 0) is 4.79 Å². The van der Waals surface area contributed by atoms with Crippen LogP contribution in [0.25, 0.3) is 6.08 Å². The van der Waals surface area contributed by atoms with Gasteiger partial charge in [-0.3, -0.25) is 4.79 Å². The Bertz CT molecular complexity index is 515. The molecule has 4 nitrogen and oxygen atoms in total. The number of nitrogens with two attached hydrogens (primary N) is 1. The summed E-state index contributed by atoms with van der Waals surface area (Å²) in [7, 11) is 3.79. The van der Waals surface area contributed by atoms with Gasteiger partial charge in [0.1, 0.15) is 11.6 Å². The molecule has 0 aliphatic heterocycles. The number of rotatable bonds is 3. The maximum atomic E-state index is 10.9. The molecule has 5 heteroatoms. The SMILES string of the molecule is CN(C)c1ccc(/C=C(/C#N)C(N)=O)c(Cl)c1. The van der Waals surface area contributed by atoms with Crippen LogP contribution in [0, 0.1) is 11.3 Å². The molecule has 88 valence electrons. The average molecular weight is 250 g/mol. The number of carbonyl (C=O) groups is 1. The van der Waals surface area contributed by atoms with E-state index < -0.39 is 5.91 Å². The van der Waals surface area contributed by atoms with Crippen molar-refractivity contribution in [3.8, 4) is 6.07 Å². The molecule has 0 unspecified atom stereocenters. The van der Waals surface area contributed by atoms with Crippen molar-refractivity contribution >= 4 is 29.3 Å². The summed E-state index contributed by atoms with van der Waals surface area (Å²) in [6.07, 6.45) is 1.38. The van der Waals surface area contributed by atoms with Crippen LogP contribution in [0.5, 0.6) is 0 Å². The minimum Gasteiger partial charge on any atom is -0.378 e. The maximum absolute atomic E-state index is 10.9. The number of benzene rings is 1. The summed E-state index contributed by atoms with van der Waals surface area (Å²) in [5.41, 5.74) is 6.45. The van der Waals surface area contributed by atoms with E-state index >= 15 is 0 Å².